The highest BCUT2D eigenvalue weighted by Gasteiger charge is 2.53. The minimum atomic E-state index is -0.614. The number of methoxy groups -OCH3 is 3. The van der Waals surface area contributed by atoms with Crippen molar-refractivity contribution in [1.29, 1.82) is 0 Å². The van der Waals surface area contributed by atoms with Gasteiger partial charge >= 0.3 is 35.8 Å². The summed E-state index contributed by atoms with van der Waals surface area (Å²) in [6.07, 6.45) is 14.6. The third kappa shape index (κ3) is 19.5. The molecule has 3 aliphatic heterocycles. The SMILES string of the molecule is CCOC(=O)C(CCc1ccccc1)NC(C)C(=O)N1C(C(=O)OC)CC2CCCC21.CCOC(=O)C(CCc1ccccc1)NC(C)C(=O)N1C(C(=O)OC)CC2CCCC21.CCOC(=O)C(CCc1ccccc1)NC(C)C(=O)N1C(C(=O)OC)CC2CCCC21. The molecule has 3 aromatic carbocycles. The van der Waals surface area contributed by atoms with Crippen molar-refractivity contribution in [2.75, 3.05) is 41.2 Å². The van der Waals surface area contributed by atoms with Crippen molar-refractivity contribution >= 4 is 53.5 Å². The average Bonchev–Trinajstić information content (AvgIpc) is 1.65. The molecule has 15 unspecified atom stereocenters. The van der Waals surface area contributed by atoms with Gasteiger partial charge in [0.15, 0.2) is 0 Å². The van der Waals surface area contributed by atoms with Gasteiger partial charge in [0.25, 0.3) is 0 Å². The second-order valence-electron chi connectivity index (χ2n) is 25.5. The van der Waals surface area contributed by atoms with Gasteiger partial charge < -0.3 is 43.1 Å². The molecule has 3 saturated carbocycles. The Bertz CT molecular complexity index is 2610. The number of rotatable bonds is 27. The van der Waals surface area contributed by atoms with Gasteiger partial charge in [0.2, 0.25) is 17.7 Å². The lowest BCUT2D eigenvalue weighted by Crippen LogP contribution is -2.55. The minimum absolute atomic E-state index is 0.0752. The van der Waals surface area contributed by atoms with E-state index in [1.54, 1.807) is 56.2 Å². The van der Waals surface area contributed by atoms with Crippen molar-refractivity contribution in [1.82, 2.24) is 30.7 Å². The molecule has 0 spiro atoms. The Hall–Kier alpha value is -7.23. The molecule has 3 saturated heterocycles. The van der Waals surface area contributed by atoms with Crippen LogP contribution >= 0.6 is 0 Å². The van der Waals surface area contributed by atoms with Gasteiger partial charge in [-0.05, 0) is 172 Å². The van der Waals surface area contributed by atoms with Crippen LogP contribution in [0.25, 0.3) is 0 Å². The number of amides is 3. The molecule has 0 aromatic heterocycles. The highest BCUT2D eigenvalue weighted by atomic mass is 16.5. The molecule has 3 heterocycles. The van der Waals surface area contributed by atoms with Crippen LogP contribution in [0.4, 0.5) is 0 Å². The molecule has 0 bridgehead atoms. The molecule has 0 radical (unpaired) electrons. The fourth-order valence-electron chi connectivity index (χ4n) is 15.1. The molecule has 9 rings (SSSR count). The van der Waals surface area contributed by atoms with Gasteiger partial charge in [-0.1, -0.05) is 110 Å². The van der Waals surface area contributed by atoms with Crippen LogP contribution in [0.5, 0.6) is 0 Å². The largest absolute Gasteiger partial charge is 0.467 e. The Kier molecular flexibility index (Phi) is 28.7. The van der Waals surface area contributed by atoms with E-state index in [2.05, 4.69) is 16.0 Å². The van der Waals surface area contributed by atoms with Crippen molar-refractivity contribution in [3.8, 4) is 0 Å². The van der Waals surface area contributed by atoms with Crippen LogP contribution in [-0.4, -0.2) is 182 Å². The van der Waals surface area contributed by atoms with Gasteiger partial charge in [-0.15, -0.1) is 0 Å². The number of nitrogens with zero attached hydrogens (tertiary/aromatic N) is 3. The van der Waals surface area contributed by atoms with E-state index >= 15 is 0 Å². The number of benzene rings is 3. The topological polar surface area (TPSA) is 255 Å². The van der Waals surface area contributed by atoms with Crippen LogP contribution in [-0.2, 0) is 90.8 Å². The molecule has 3 N–H and O–H groups in total. The Morgan fingerprint density at radius 3 is 0.871 bits per heavy atom. The first-order chi connectivity index (χ1) is 44.9. The van der Waals surface area contributed by atoms with Crippen LogP contribution in [0.15, 0.2) is 91.0 Å². The predicted molar refractivity (Wildman–Crippen MR) is 349 cm³/mol. The number of fused-ring (bicyclic) bond motifs is 3. The number of aryl methyl sites for hydroxylation is 3. The predicted octanol–water partition coefficient (Wildman–Crippen LogP) is 7.41. The molecule has 6 fully saturated rings. The van der Waals surface area contributed by atoms with Gasteiger partial charge in [-0.2, -0.15) is 0 Å². The smallest absolute Gasteiger partial charge is 0.328 e. The summed E-state index contributed by atoms with van der Waals surface area (Å²) in [5.41, 5.74) is 3.37. The second-order valence-corrected chi connectivity index (χ2v) is 25.5. The van der Waals surface area contributed by atoms with Crippen molar-refractivity contribution in [3.63, 3.8) is 0 Å². The summed E-state index contributed by atoms with van der Waals surface area (Å²) in [5.74, 6) is -1.58. The highest BCUT2D eigenvalue weighted by molar-refractivity contribution is 5.91. The second kappa shape index (κ2) is 36.4. The number of ether oxygens (including phenoxy) is 6. The molecule has 3 aromatic rings. The summed E-state index contributed by atoms with van der Waals surface area (Å²) in [6, 6.07) is 24.7. The van der Waals surface area contributed by atoms with E-state index in [0.717, 1.165) is 74.5 Å². The third-order valence-electron chi connectivity index (χ3n) is 19.6. The summed E-state index contributed by atoms with van der Waals surface area (Å²) in [4.78, 5) is 120. The van der Waals surface area contributed by atoms with E-state index in [1.165, 1.54) is 21.3 Å². The standard InChI is InChI=1S/3C24H34N2O5/c3*1-4-31-23(28)19(14-13-17-9-6-5-7-10-17)25-16(2)22(27)26-20-12-8-11-18(20)15-21(26)24(29)30-3/h3*5-7,9-10,16,18-21,25H,4,8,11-15H2,1-3H3. The molecular formula is C72H102N6O15. The van der Waals surface area contributed by atoms with Crippen molar-refractivity contribution in [2.45, 2.75) is 230 Å². The quantitative estimate of drug-likeness (QED) is 0.0496. The maximum atomic E-state index is 13.4. The van der Waals surface area contributed by atoms with E-state index in [-0.39, 0.29) is 91.5 Å². The lowest BCUT2D eigenvalue weighted by molar-refractivity contribution is -0.153. The maximum absolute atomic E-state index is 13.4. The van der Waals surface area contributed by atoms with Crippen molar-refractivity contribution in [3.05, 3.63) is 108 Å². The lowest BCUT2D eigenvalue weighted by atomic mass is 10.0. The lowest BCUT2D eigenvalue weighted by Gasteiger charge is -2.32. The van der Waals surface area contributed by atoms with Crippen LogP contribution < -0.4 is 16.0 Å². The van der Waals surface area contributed by atoms with E-state index in [4.69, 9.17) is 28.4 Å². The monoisotopic (exact) mass is 1290 g/mol. The van der Waals surface area contributed by atoms with Crippen molar-refractivity contribution < 1.29 is 71.6 Å². The third-order valence-corrected chi connectivity index (χ3v) is 19.6. The first-order valence-electron chi connectivity index (χ1n) is 34.0. The molecule has 3 amide bonds. The summed E-state index contributed by atoms with van der Waals surface area (Å²) in [6.45, 7) is 11.4. The van der Waals surface area contributed by atoms with E-state index < -0.39 is 54.4 Å². The number of likely N-dealkylation sites (tertiary alicyclic amines) is 3. The van der Waals surface area contributed by atoms with Gasteiger partial charge in [-0.25, -0.2) is 14.4 Å². The van der Waals surface area contributed by atoms with Crippen LogP contribution in [0.2, 0.25) is 0 Å². The summed E-state index contributed by atoms with van der Waals surface area (Å²) in [7, 11) is 4.09. The number of carbonyl (C=O) groups is 9. The van der Waals surface area contributed by atoms with Crippen LogP contribution in [0.1, 0.15) is 155 Å². The molecule has 510 valence electrons. The van der Waals surface area contributed by atoms with Gasteiger partial charge in [0.1, 0.15) is 36.3 Å². The number of hydrogen-bond donors (Lipinski definition) is 3. The van der Waals surface area contributed by atoms with Gasteiger partial charge in [0, 0.05) is 18.1 Å². The fourth-order valence-corrected chi connectivity index (χ4v) is 15.1. The van der Waals surface area contributed by atoms with Gasteiger partial charge in [-0.3, -0.25) is 44.7 Å². The Balaban J connectivity index is 0.000000198. The molecule has 93 heavy (non-hydrogen) atoms. The highest BCUT2D eigenvalue weighted by Crippen LogP contribution is 2.44. The molecule has 6 aliphatic rings. The van der Waals surface area contributed by atoms with Crippen LogP contribution in [0, 0.1) is 17.8 Å². The number of carbonyl (C=O) groups excluding carboxylic acids is 9. The molecular weight excluding hydrogens is 1190 g/mol. The summed E-state index contributed by atoms with van der Waals surface area (Å²) < 4.78 is 30.6. The van der Waals surface area contributed by atoms with Crippen molar-refractivity contribution in [2.24, 2.45) is 17.8 Å². The normalized spacial score (nSPS) is 24.4. The van der Waals surface area contributed by atoms with Crippen LogP contribution in [0.3, 0.4) is 0 Å². The average molecular weight is 1290 g/mol. The number of hydrogen-bond acceptors (Lipinski definition) is 18. The Morgan fingerprint density at radius 1 is 0.398 bits per heavy atom. The van der Waals surface area contributed by atoms with E-state index in [0.29, 0.717) is 75.5 Å². The Morgan fingerprint density at radius 2 is 0.645 bits per heavy atom. The fraction of sp³-hybridized carbons (Fsp3) is 0.625. The first kappa shape index (κ1) is 73.2. The Labute approximate surface area is 549 Å². The molecule has 21 nitrogen and oxygen atoms in total. The molecule has 3 aliphatic carbocycles. The van der Waals surface area contributed by atoms with Gasteiger partial charge in [0.05, 0.1) is 59.3 Å². The molecule has 21 heteroatoms. The zero-order valence-electron chi connectivity index (χ0n) is 56.1. The zero-order valence-corrected chi connectivity index (χ0v) is 56.1. The molecule has 15 atom stereocenters. The number of nitrogens with one attached hydrogen (secondary N) is 3. The maximum Gasteiger partial charge on any atom is 0.328 e. The van der Waals surface area contributed by atoms with E-state index in [9.17, 15) is 43.2 Å². The van der Waals surface area contributed by atoms with E-state index in [1.807, 2.05) is 91.0 Å². The zero-order chi connectivity index (χ0) is 67.1. The summed E-state index contributed by atoms with van der Waals surface area (Å²) in [5, 5.41) is 9.56. The first-order valence-corrected chi connectivity index (χ1v) is 34.0. The summed E-state index contributed by atoms with van der Waals surface area (Å²) >= 11 is 0. The minimum Gasteiger partial charge on any atom is -0.467 e. The number of esters is 6.